The first-order valence-corrected chi connectivity index (χ1v) is 10.5. The van der Waals surface area contributed by atoms with Crippen LogP contribution in [0, 0.1) is 17.2 Å². The summed E-state index contributed by atoms with van der Waals surface area (Å²) in [6.45, 7) is 10.3. The first kappa shape index (κ1) is 20.1. The van der Waals surface area contributed by atoms with Gasteiger partial charge in [0.05, 0.1) is 0 Å². The Labute approximate surface area is 171 Å². The Bertz CT molecular complexity index is 878. The summed E-state index contributed by atoms with van der Waals surface area (Å²) in [4.78, 5) is 17.3. The Morgan fingerprint density at radius 3 is 2.69 bits per heavy atom. The fourth-order valence-corrected chi connectivity index (χ4v) is 4.46. The molecule has 6 heteroatoms. The van der Waals surface area contributed by atoms with E-state index < -0.39 is 0 Å². The van der Waals surface area contributed by atoms with E-state index in [4.69, 9.17) is 4.52 Å². The van der Waals surface area contributed by atoms with Crippen LogP contribution in [-0.4, -0.2) is 47.0 Å². The molecule has 0 saturated carbocycles. The minimum absolute atomic E-state index is 0.0186. The predicted octanol–water partition coefficient (Wildman–Crippen LogP) is 3.92. The quantitative estimate of drug-likeness (QED) is 0.785. The van der Waals surface area contributed by atoms with E-state index in [2.05, 4.69) is 30.8 Å². The number of fused-ring (bicyclic) bond motifs is 1. The molecule has 1 aliphatic carbocycles. The normalized spacial score (nSPS) is 20.6. The van der Waals surface area contributed by atoms with Crippen LogP contribution in [0.15, 0.2) is 28.8 Å². The minimum atomic E-state index is -0.208. The van der Waals surface area contributed by atoms with Crippen LogP contribution in [0.5, 0.6) is 0 Å². The van der Waals surface area contributed by atoms with E-state index in [0.29, 0.717) is 31.2 Å². The molecule has 1 aliphatic heterocycles. The van der Waals surface area contributed by atoms with Gasteiger partial charge in [-0.1, -0.05) is 38.1 Å². The molecule has 2 aliphatic rings. The van der Waals surface area contributed by atoms with E-state index in [1.165, 1.54) is 6.07 Å². The summed E-state index contributed by atoms with van der Waals surface area (Å²) in [5.74, 6) is 1.19. The number of carbonyl (C=O) groups is 1. The molecule has 1 saturated heterocycles. The molecule has 1 unspecified atom stereocenters. The van der Waals surface area contributed by atoms with Crippen LogP contribution in [-0.2, 0) is 19.4 Å². The summed E-state index contributed by atoms with van der Waals surface area (Å²) in [7, 11) is 0. The lowest BCUT2D eigenvalue weighted by Crippen LogP contribution is -2.48. The number of halogens is 1. The lowest BCUT2D eigenvalue weighted by atomic mass is 9.71. The average Bonchev–Trinajstić information content (AvgIpc) is 3.11. The second-order valence-electron chi connectivity index (χ2n) is 9.44. The number of nitrogens with zero attached hydrogens (tertiary/aromatic N) is 3. The van der Waals surface area contributed by atoms with Gasteiger partial charge in [0.15, 0.2) is 5.69 Å². The second-order valence-corrected chi connectivity index (χ2v) is 9.44. The van der Waals surface area contributed by atoms with Crippen molar-refractivity contribution in [3.05, 3.63) is 52.7 Å². The van der Waals surface area contributed by atoms with Crippen LogP contribution >= 0.6 is 0 Å². The summed E-state index contributed by atoms with van der Waals surface area (Å²) in [6.07, 6.45) is 2.81. The molecule has 2 aromatic rings. The van der Waals surface area contributed by atoms with E-state index in [1.807, 2.05) is 11.0 Å². The molecular weight excluding hydrogens is 369 g/mol. The van der Waals surface area contributed by atoms with Crippen molar-refractivity contribution in [3.63, 3.8) is 0 Å². The molecule has 156 valence electrons. The Hall–Kier alpha value is -2.21. The van der Waals surface area contributed by atoms with Crippen LogP contribution in [0.1, 0.15) is 54.6 Å². The number of amides is 1. The van der Waals surface area contributed by atoms with Gasteiger partial charge in [0.25, 0.3) is 5.91 Å². The number of aryl methyl sites for hydroxylation is 1. The van der Waals surface area contributed by atoms with Crippen LogP contribution < -0.4 is 0 Å². The summed E-state index contributed by atoms with van der Waals surface area (Å²) >= 11 is 0. The molecule has 5 nitrogen and oxygen atoms in total. The van der Waals surface area contributed by atoms with Crippen LogP contribution in [0.25, 0.3) is 0 Å². The summed E-state index contributed by atoms with van der Waals surface area (Å²) in [6, 6.07) is 6.71. The maximum absolute atomic E-state index is 13.4. The standard InChI is InChI=1S/C23H30FN3O2/c1-23(2,3)17-7-8-20-19(14-17)21(25-29-20)22(28)27-11-9-26(10-12-27)15-16-5-4-6-18(24)13-16/h4-6,13,17H,7-12,14-15H2,1-3H3. The Balaban J connectivity index is 1.39. The van der Waals surface area contributed by atoms with Gasteiger partial charge in [-0.15, -0.1) is 0 Å². The number of rotatable bonds is 3. The summed E-state index contributed by atoms with van der Waals surface area (Å²) in [5, 5.41) is 4.16. The number of hydrogen-bond acceptors (Lipinski definition) is 4. The van der Waals surface area contributed by atoms with E-state index >= 15 is 0 Å². The van der Waals surface area contributed by atoms with Gasteiger partial charge < -0.3 is 9.42 Å². The molecule has 2 heterocycles. The monoisotopic (exact) mass is 399 g/mol. The number of piperazine rings is 1. The predicted molar refractivity (Wildman–Crippen MR) is 109 cm³/mol. The molecule has 0 bridgehead atoms. The molecule has 4 rings (SSSR count). The van der Waals surface area contributed by atoms with E-state index in [0.717, 1.165) is 49.2 Å². The van der Waals surface area contributed by atoms with Gasteiger partial charge >= 0.3 is 0 Å². The highest BCUT2D eigenvalue weighted by Gasteiger charge is 2.35. The van der Waals surface area contributed by atoms with Gasteiger partial charge in [-0.05, 0) is 41.9 Å². The first-order valence-electron chi connectivity index (χ1n) is 10.5. The highest BCUT2D eigenvalue weighted by Crippen LogP contribution is 2.38. The van der Waals surface area contributed by atoms with Crippen molar-refractivity contribution >= 4 is 5.91 Å². The van der Waals surface area contributed by atoms with Crippen molar-refractivity contribution in [3.8, 4) is 0 Å². The number of hydrogen-bond donors (Lipinski definition) is 0. The molecule has 1 amide bonds. The third kappa shape index (κ3) is 4.37. The zero-order valence-electron chi connectivity index (χ0n) is 17.6. The van der Waals surface area contributed by atoms with Crippen molar-refractivity contribution < 1.29 is 13.7 Å². The fraction of sp³-hybridized carbons (Fsp3) is 0.565. The Kier molecular flexibility index (Phi) is 5.47. The lowest BCUT2D eigenvalue weighted by Gasteiger charge is -2.35. The topological polar surface area (TPSA) is 49.6 Å². The van der Waals surface area contributed by atoms with Gasteiger partial charge in [0, 0.05) is 44.7 Å². The Morgan fingerprint density at radius 2 is 2.00 bits per heavy atom. The number of carbonyl (C=O) groups excluding carboxylic acids is 1. The maximum atomic E-state index is 13.4. The number of benzene rings is 1. The third-order valence-corrected chi connectivity index (χ3v) is 6.42. The smallest absolute Gasteiger partial charge is 0.276 e. The maximum Gasteiger partial charge on any atom is 0.276 e. The minimum Gasteiger partial charge on any atom is -0.360 e. The van der Waals surface area contributed by atoms with E-state index in [1.54, 1.807) is 12.1 Å². The molecule has 1 aromatic carbocycles. The SMILES string of the molecule is CC(C)(C)C1CCc2onc(C(=O)N3CCN(Cc4cccc(F)c4)CC3)c2C1. The van der Waals surface area contributed by atoms with Crippen molar-refractivity contribution in [1.29, 1.82) is 0 Å². The first-order chi connectivity index (χ1) is 13.8. The van der Waals surface area contributed by atoms with Crippen molar-refractivity contribution in [2.24, 2.45) is 11.3 Å². The third-order valence-electron chi connectivity index (χ3n) is 6.42. The Morgan fingerprint density at radius 1 is 1.24 bits per heavy atom. The van der Waals surface area contributed by atoms with Gasteiger partial charge in [-0.3, -0.25) is 9.69 Å². The van der Waals surface area contributed by atoms with Gasteiger partial charge in [0.2, 0.25) is 0 Å². The highest BCUT2D eigenvalue weighted by molar-refractivity contribution is 5.94. The summed E-state index contributed by atoms with van der Waals surface area (Å²) in [5.41, 5.74) is 2.69. The highest BCUT2D eigenvalue weighted by atomic mass is 19.1. The molecule has 29 heavy (non-hydrogen) atoms. The van der Waals surface area contributed by atoms with Gasteiger partial charge in [0.1, 0.15) is 11.6 Å². The van der Waals surface area contributed by atoms with Crippen LogP contribution in [0.4, 0.5) is 4.39 Å². The fourth-order valence-electron chi connectivity index (χ4n) is 4.46. The molecule has 1 atom stereocenters. The van der Waals surface area contributed by atoms with E-state index in [9.17, 15) is 9.18 Å². The molecular formula is C23H30FN3O2. The van der Waals surface area contributed by atoms with Crippen LogP contribution in [0.2, 0.25) is 0 Å². The molecule has 0 spiro atoms. The molecule has 1 fully saturated rings. The van der Waals surface area contributed by atoms with Crippen molar-refractivity contribution in [2.45, 2.75) is 46.6 Å². The zero-order chi connectivity index (χ0) is 20.6. The van der Waals surface area contributed by atoms with Crippen molar-refractivity contribution in [2.75, 3.05) is 26.2 Å². The average molecular weight is 400 g/mol. The van der Waals surface area contributed by atoms with Crippen molar-refractivity contribution in [1.82, 2.24) is 15.0 Å². The second kappa shape index (κ2) is 7.90. The summed E-state index contributed by atoms with van der Waals surface area (Å²) < 4.78 is 18.9. The largest absolute Gasteiger partial charge is 0.360 e. The van der Waals surface area contributed by atoms with Gasteiger partial charge in [-0.2, -0.15) is 0 Å². The molecule has 1 aromatic heterocycles. The zero-order valence-corrected chi connectivity index (χ0v) is 17.6. The molecule has 0 N–H and O–H groups in total. The molecule has 0 radical (unpaired) electrons. The number of aromatic nitrogens is 1. The van der Waals surface area contributed by atoms with Gasteiger partial charge in [-0.25, -0.2) is 4.39 Å². The van der Waals surface area contributed by atoms with E-state index in [-0.39, 0.29) is 17.1 Å². The lowest BCUT2D eigenvalue weighted by molar-refractivity contribution is 0.0617. The van der Waals surface area contributed by atoms with Crippen LogP contribution in [0.3, 0.4) is 0 Å².